The molecule has 0 spiro atoms. The van der Waals surface area contributed by atoms with Crippen LogP contribution >= 0.6 is 11.8 Å². The third-order valence-corrected chi connectivity index (χ3v) is 3.49. The minimum absolute atomic E-state index is 0.0236. The number of non-ortho nitro benzene ring substituents is 1. The minimum Gasteiger partial charge on any atom is -0.378 e. The first-order valence-corrected chi connectivity index (χ1v) is 6.42. The molecule has 1 aromatic carbocycles. The number of nitrogens with zero attached hydrogens (tertiary/aromatic N) is 2. The molecule has 1 heterocycles. The Morgan fingerprint density at radius 3 is 2.65 bits per heavy atom. The number of anilines is 1. The topological polar surface area (TPSA) is 128 Å². The lowest BCUT2D eigenvalue weighted by atomic mass is 10.2. The predicted octanol–water partition coefficient (Wildman–Crippen LogP) is 0.880. The van der Waals surface area contributed by atoms with Gasteiger partial charge < -0.3 is 11.1 Å². The number of carbonyl (C=O) groups excluding carboxylic acids is 2. The molecule has 0 bridgehead atoms. The Balaban J connectivity index is 2.03. The van der Waals surface area contributed by atoms with E-state index in [1.807, 2.05) is 0 Å². The van der Waals surface area contributed by atoms with Crippen molar-refractivity contribution >= 4 is 40.1 Å². The third kappa shape index (κ3) is 3.32. The maximum absolute atomic E-state index is 11.9. The molecule has 0 fully saturated rings. The van der Waals surface area contributed by atoms with Crippen LogP contribution in [-0.4, -0.2) is 27.2 Å². The summed E-state index contributed by atoms with van der Waals surface area (Å²) >= 11 is 1.01. The molecule has 104 valence electrons. The van der Waals surface area contributed by atoms with Crippen LogP contribution in [0.4, 0.5) is 11.4 Å². The highest BCUT2D eigenvalue weighted by molar-refractivity contribution is 8.15. The summed E-state index contributed by atoms with van der Waals surface area (Å²) in [4.78, 5) is 36.7. The number of carbonyl (C=O) groups is 2. The summed E-state index contributed by atoms with van der Waals surface area (Å²) in [5.41, 5.74) is 5.78. The van der Waals surface area contributed by atoms with E-state index in [2.05, 4.69) is 10.3 Å². The highest BCUT2D eigenvalue weighted by Gasteiger charge is 2.28. The van der Waals surface area contributed by atoms with Crippen molar-refractivity contribution in [2.75, 3.05) is 5.32 Å². The summed E-state index contributed by atoms with van der Waals surface area (Å²) in [7, 11) is 0. The first-order chi connectivity index (χ1) is 9.45. The van der Waals surface area contributed by atoms with Gasteiger partial charge in [-0.15, -0.1) is 0 Å². The zero-order valence-electron chi connectivity index (χ0n) is 10.1. The van der Waals surface area contributed by atoms with E-state index >= 15 is 0 Å². The monoisotopic (exact) mass is 294 g/mol. The molecular weight excluding hydrogens is 284 g/mol. The minimum atomic E-state index is -0.643. The Morgan fingerprint density at radius 2 is 2.10 bits per heavy atom. The standard InChI is InChI=1S/C11H10N4O4S/c12-11-14-9(16)5-8(20-11)10(17)13-6-1-3-7(4-2-6)15(18)19/h1-4,8H,5H2,(H,13,17)(H2,12,14,16)/t8-/m1/s1. The Morgan fingerprint density at radius 1 is 1.45 bits per heavy atom. The number of benzene rings is 1. The molecule has 0 saturated heterocycles. The second-order valence-electron chi connectivity index (χ2n) is 3.95. The highest BCUT2D eigenvalue weighted by atomic mass is 32.2. The quantitative estimate of drug-likeness (QED) is 0.629. The zero-order valence-corrected chi connectivity index (χ0v) is 10.9. The van der Waals surface area contributed by atoms with Crippen LogP contribution in [0.5, 0.6) is 0 Å². The lowest BCUT2D eigenvalue weighted by Gasteiger charge is -2.17. The van der Waals surface area contributed by atoms with Crippen LogP contribution in [0, 0.1) is 10.1 Å². The van der Waals surface area contributed by atoms with Gasteiger partial charge in [-0.05, 0) is 12.1 Å². The number of hydrogen-bond donors (Lipinski definition) is 2. The fourth-order valence-electron chi connectivity index (χ4n) is 1.58. The molecule has 9 heteroatoms. The van der Waals surface area contributed by atoms with Crippen molar-refractivity contribution < 1.29 is 14.5 Å². The van der Waals surface area contributed by atoms with Crippen LogP contribution in [-0.2, 0) is 9.59 Å². The summed E-state index contributed by atoms with van der Waals surface area (Å²) in [6, 6.07) is 5.40. The molecule has 0 unspecified atom stereocenters. The van der Waals surface area contributed by atoms with E-state index in [0.29, 0.717) is 5.69 Å². The van der Waals surface area contributed by atoms with Crippen LogP contribution < -0.4 is 11.1 Å². The highest BCUT2D eigenvalue weighted by Crippen LogP contribution is 2.23. The van der Waals surface area contributed by atoms with E-state index in [4.69, 9.17) is 5.73 Å². The third-order valence-electron chi connectivity index (χ3n) is 2.50. The van der Waals surface area contributed by atoms with Crippen LogP contribution in [0.2, 0.25) is 0 Å². The number of hydrogen-bond acceptors (Lipinski definition) is 6. The number of nitrogens with one attached hydrogen (secondary N) is 1. The van der Waals surface area contributed by atoms with Gasteiger partial charge in [0.1, 0.15) is 5.25 Å². The molecule has 1 aromatic rings. The molecule has 20 heavy (non-hydrogen) atoms. The van der Waals surface area contributed by atoms with Crippen LogP contribution in [0.25, 0.3) is 0 Å². The van der Waals surface area contributed by atoms with Crippen molar-refractivity contribution in [1.82, 2.24) is 0 Å². The van der Waals surface area contributed by atoms with Gasteiger partial charge in [-0.3, -0.25) is 19.7 Å². The van der Waals surface area contributed by atoms with E-state index in [1.54, 1.807) is 0 Å². The Hall–Kier alpha value is -2.42. The van der Waals surface area contributed by atoms with Gasteiger partial charge in [-0.1, -0.05) is 11.8 Å². The molecule has 1 aliphatic heterocycles. The van der Waals surface area contributed by atoms with Crippen molar-refractivity contribution in [1.29, 1.82) is 0 Å². The SMILES string of the molecule is NC1=NC(=O)C[C@H](C(=O)Nc2ccc([N+](=O)[O-])cc2)S1. The van der Waals surface area contributed by atoms with Gasteiger partial charge in [-0.2, -0.15) is 4.99 Å². The largest absolute Gasteiger partial charge is 0.378 e. The summed E-state index contributed by atoms with van der Waals surface area (Å²) in [5.74, 6) is -0.833. The fraction of sp³-hybridized carbons (Fsp3) is 0.182. The number of nitro benzene ring substituents is 1. The van der Waals surface area contributed by atoms with Crippen molar-refractivity contribution in [3.05, 3.63) is 34.4 Å². The van der Waals surface area contributed by atoms with Crippen LogP contribution in [0.3, 0.4) is 0 Å². The zero-order chi connectivity index (χ0) is 14.7. The number of nitrogens with two attached hydrogens (primary N) is 1. The van der Waals surface area contributed by atoms with Gasteiger partial charge in [0, 0.05) is 17.8 Å². The predicted molar refractivity (Wildman–Crippen MR) is 74.4 cm³/mol. The molecular formula is C11H10N4O4S. The maximum Gasteiger partial charge on any atom is 0.269 e. The normalized spacial score (nSPS) is 18.3. The molecule has 1 aliphatic rings. The average Bonchev–Trinajstić information content (AvgIpc) is 2.38. The van der Waals surface area contributed by atoms with Crippen LogP contribution in [0.15, 0.2) is 29.3 Å². The van der Waals surface area contributed by atoms with Crippen molar-refractivity contribution in [2.24, 2.45) is 10.7 Å². The van der Waals surface area contributed by atoms with Crippen molar-refractivity contribution in [3.63, 3.8) is 0 Å². The molecule has 2 amide bonds. The molecule has 0 saturated carbocycles. The number of nitro groups is 1. The second-order valence-corrected chi connectivity index (χ2v) is 5.17. The summed E-state index contributed by atoms with van der Waals surface area (Å²) < 4.78 is 0. The van der Waals surface area contributed by atoms with Gasteiger partial charge in [0.05, 0.1) is 11.3 Å². The number of aliphatic imine (C=N–C) groups is 1. The van der Waals surface area contributed by atoms with E-state index in [1.165, 1.54) is 24.3 Å². The molecule has 0 aromatic heterocycles. The average molecular weight is 294 g/mol. The lowest BCUT2D eigenvalue weighted by molar-refractivity contribution is -0.384. The summed E-state index contributed by atoms with van der Waals surface area (Å²) in [5, 5.41) is 12.5. The molecule has 2 rings (SSSR count). The Bertz CT molecular complexity index is 599. The number of amides is 2. The van der Waals surface area contributed by atoms with Crippen LogP contribution in [0.1, 0.15) is 6.42 Å². The first kappa shape index (κ1) is 14.0. The van der Waals surface area contributed by atoms with E-state index in [9.17, 15) is 19.7 Å². The Labute approximate surface area is 117 Å². The Kier molecular flexibility index (Phi) is 3.99. The molecule has 1 atom stereocenters. The fourth-order valence-corrected chi connectivity index (χ4v) is 2.41. The molecule has 3 N–H and O–H groups in total. The van der Waals surface area contributed by atoms with E-state index < -0.39 is 22.0 Å². The van der Waals surface area contributed by atoms with E-state index in [0.717, 1.165) is 11.8 Å². The lowest BCUT2D eigenvalue weighted by Crippen LogP contribution is -2.33. The molecule has 8 nitrogen and oxygen atoms in total. The van der Waals surface area contributed by atoms with Crippen molar-refractivity contribution in [3.8, 4) is 0 Å². The molecule has 0 radical (unpaired) electrons. The summed E-state index contributed by atoms with van der Waals surface area (Å²) in [6.45, 7) is 0. The first-order valence-electron chi connectivity index (χ1n) is 5.54. The van der Waals surface area contributed by atoms with Gasteiger partial charge in [0.2, 0.25) is 11.8 Å². The number of rotatable bonds is 3. The van der Waals surface area contributed by atoms with Crippen molar-refractivity contribution in [2.45, 2.75) is 11.7 Å². The van der Waals surface area contributed by atoms with Gasteiger partial charge in [0.15, 0.2) is 5.17 Å². The van der Waals surface area contributed by atoms with E-state index in [-0.39, 0.29) is 17.3 Å². The number of thioether (sulfide) groups is 1. The van der Waals surface area contributed by atoms with Gasteiger partial charge in [0.25, 0.3) is 5.69 Å². The maximum atomic E-state index is 11.9. The molecule has 0 aliphatic carbocycles. The van der Waals surface area contributed by atoms with Gasteiger partial charge >= 0.3 is 0 Å². The smallest absolute Gasteiger partial charge is 0.269 e. The van der Waals surface area contributed by atoms with Gasteiger partial charge in [-0.25, -0.2) is 0 Å². The second kappa shape index (κ2) is 5.70. The summed E-state index contributed by atoms with van der Waals surface area (Å²) in [6.07, 6.45) is -0.0236. The number of amidine groups is 1.